The summed E-state index contributed by atoms with van der Waals surface area (Å²) in [6, 6.07) is 35.3. The van der Waals surface area contributed by atoms with Crippen molar-refractivity contribution in [2.24, 2.45) is 0 Å². The second-order valence-corrected chi connectivity index (χ2v) is 27.6. The van der Waals surface area contributed by atoms with Crippen molar-refractivity contribution in [1.82, 2.24) is 17.5 Å². The Morgan fingerprint density at radius 3 is 1.32 bits per heavy atom. The number of nitrogens with zero attached hydrogens (tertiary/aromatic N) is 8. The first-order valence-corrected chi connectivity index (χ1v) is 36.0. The normalized spacial score (nSPS) is 12.8. The smallest absolute Gasteiger partial charge is 0.210 e. The largest absolute Gasteiger partial charge is 0.237 e. The molecule has 0 unspecified atom stereocenters. The average Bonchev–Trinajstić information content (AvgIpc) is 1.65. The second kappa shape index (κ2) is 33.6. The molecule has 458 valence electrons. The van der Waals surface area contributed by atoms with Crippen LogP contribution in [0, 0.1) is 49.7 Å². The van der Waals surface area contributed by atoms with Crippen LogP contribution in [0.2, 0.25) is 0 Å². The van der Waals surface area contributed by atoms with Gasteiger partial charge in [0.15, 0.2) is 0 Å². The highest BCUT2D eigenvalue weighted by Gasteiger charge is 2.44. The number of hydrogen-bond donors (Lipinski definition) is 0. The maximum Gasteiger partial charge on any atom is 0.210 e. The third kappa shape index (κ3) is 15.7. The minimum atomic E-state index is -0.0538. The predicted octanol–water partition coefficient (Wildman–Crippen LogP) is 25.3. The van der Waals surface area contributed by atoms with Crippen LogP contribution in [0.25, 0.3) is 65.1 Å². The predicted molar refractivity (Wildman–Crippen MR) is 378 cm³/mol. The molecule has 8 nitrogen and oxygen atoms in total. The van der Waals surface area contributed by atoms with Crippen molar-refractivity contribution in [3.05, 3.63) is 161 Å². The zero-order chi connectivity index (χ0) is 62.5. The molecule has 12 heteroatoms. The first kappa shape index (κ1) is 67.8. The highest BCUT2D eigenvalue weighted by molar-refractivity contribution is 9.10. The summed E-state index contributed by atoms with van der Waals surface area (Å²) in [5.74, 6) is 0. The van der Waals surface area contributed by atoms with E-state index < -0.39 is 0 Å². The fourth-order valence-electron chi connectivity index (χ4n) is 14.0. The third-order valence-electron chi connectivity index (χ3n) is 18.7. The Kier molecular flexibility index (Phi) is 25.9. The number of aromatic nitrogens is 4. The van der Waals surface area contributed by atoms with Gasteiger partial charge in [-0.05, 0) is 138 Å². The number of nitriles is 2. The molecule has 2 aliphatic carbocycles. The standard InChI is InChI=1S/C39H46N4S.C29H40Br2.C8H2N4S/c1-6-8-10-12-14-16-22-39(23-17-15-13-11-9-7-2)33-24-27(3)18-20-30(33)31-21-19-29(25-34(31)39)35-32(26-40)36(41-5)28(4)37-38(35)43-44-42-37;1-3-5-7-9-11-13-19-29(20-14-12-10-8-6-4-2)27-21-23(30)15-17-25(27)26-18-16-24(31)22-28(26)29;1-10-6-3-8-7(11-13-12-8)2-5(6)4-9/h18-21,24-25H,6-17,22-23H2,1-4H3;15-18,21-22H,3-14,19-20H2,1-2H3;2-3H. The lowest BCUT2D eigenvalue weighted by Crippen LogP contribution is -2.25. The van der Waals surface area contributed by atoms with Crippen molar-refractivity contribution in [3.63, 3.8) is 0 Å². The van der Waals surface area contributed by atoms with Gasteiger partial charge >= 0.3 is 0 Å². The van der Waals surface area contributed by atoms with Gasteiger partial charge in [-0.15, -0.1) is 0 Å². The number of hydrogen-bond acceptors (Lipinski definition) is 8. The van der Waals surface area contributed by atoms with E-state index in [1.54, 1.807) is 23.3 Å². The summed E-state index contributed by atoms with van der Waals surface area (Å²) < 4.78 is 19.6. The van der Waals surface area contributed by atoms with Gasteiger partial charge in [-0.25, -0.2) is 9.69 Å². The molecule has 0 amide bonds. The van der Waals surface area contributed by atoms with Crippen LogP contribution in [0.1, 0.15) is 252 Å². The van der Waals surface area contributed by atoms with Crippen molar-refractivity contribution in [1.29, 1.82) is 10.5 Å². The van der Waals surface area contributed by atoms with E-state index in [-0.39, 0.29) is 10.8 Å². The molecule has 2 aromatic heterocycles. The number of benzene rings is 6. The monoisotopic (exact) mass is 1330 g/mol. The lowest BCUT2D eigenvalue weighted by atomic mass is 9.70. The molecule has 8 aromatic rings. The Balaban J connectivity index is 0.000000196. The van der Waals surface area contributed by atoms with Crippen molar-refractivity contribution < 1.29 is 0 Å². The maximum absolute atomic E-state index is 10.4. The zero-order valence-electron chi connectivity index (χ0n) is 53.0. The molecule has 2 heterocycles. The SMILES string of the molecule is CCCCCCCCC1(CCCCCCCC)c2cc(Br)ccc2-c2ccc(Br)cc21.[C-]#[N+]c1c(C#N)c(-c2ccc3c(c2)C(CCCCCCCC)(CCCCCCCC)c2cc(C)ccc2-3)c2nsnc2c1C.[C-]#[N+]c1cc2nsnc2cc1C#N. The molecule has 0 spiro atoms. The first-order valence-electron chi connectivity index (χ1n) is 32.9. The van der Waals surface area contributed by atoms with Crippen LogP contribution in [0.3, 0.4) is 0 Å². The number of halogens is 2. The maximum atomic E-state index is 10.4. The van der Waals surface area contributed by atoms with E-state index in [0.717, 1.165) is 64.0 Å². The van der Waals surface area contributed by atoms with Crippen LogP contribution in [0.5, 0.6) is 0 Å². The van der Waals surface area contributed by atoms with E-state index >= 15 is 0 Å². The molecule has 2 aliphatic rings. The highest BCUT2D eigenvalue weighted by Crippen LogP contribution is 2.57. The van der Waals surface area contributed by atoms with Crippen molar-refractivity contribution in [2.45, 2.75) is 232 Å². The quantitative estimate of drug-likeness (QED) is 0.0341. The van der Waals surface area contributed by atoms with Gasteiger partial charge in [-0.3, -0.25) is 0 Å². The minimum absolute atomic E-state index is 0.0538. The average molecular weight is 1340 g/mol. The summed E-state index contributed by atoms with van der Waals surface area (Å²) in [6.45, 7) is 28.0. The Hall–Kier alpha value is -6.12. The van der Waals surface area contributed by atoms with E-state index in [9.17, 15) is 5.26 Å². The third-order valence-corrected chi connectivity index (χ3v) is 20.7. The van der Waals surface area contributed by atoms with Crippen LogP contribution in [-0.2, 0) is 10.8 Å². The fourth-order valence-corrected chi connectivity index (χ4v) is 15.9. The summed E-state index contributed by atoms with van der Waals surface area (Å²) in [5, 5.41) is 19.1. The molecule has 0 saturated carbocycles. The van der Waals surface area contributed by atoms with Crippen LogP contribution in [0.15, 0.2) is 93.9 Å². The van der Waals surface area contributed by atoms with Crippen molar-refractivity contribution >= 4 is 88.8 Å². The molecule has 0 saturated heterocycles. The van der Waals surface area contributed by atoms with E-state index in [1.807, 2.05) is 13.0 Å². The second-order valence-electron chi connectivity index (χ2n) is 24.7. The van der Waals surface area contributed by atoms with Crippen molar-refractivity contribution in [2.75, 3.05) is 0 Å². The van der Waals surface area contributed by atoms with E-state index in [4.69, 9.17) is 18.4 Å². The highest BCUT2D eigenvalue weighted by atomic mass is 79.9. The summed E-state index contributed by atoms with van der Waals surface area (Å²) in [6.07, 6.45) is 36.6. The number of rotatable bonds is 29. The number of fused-ring (bicyclic) bond motifs is 8. The molecule has 0 aliphatic heterocycles. The van der Waals surface area contributed by atoms with Gasteiger partial charge < -0.3 is 0 Å². The Labute approximate surface area is 551 Å². The summed E-state index contributed by atoms with van der Waals surface area (Å²) >= 11 is 9.81. The Morgan fingerprint density at radius 1 is 0.455 bits per heavy atom. The lowest BCUT2D eigenvalue weighted by molar-refractivity contribution is 0.397. The van der Waals surface area contributed by atoms with Crippen LogP contribution in [-0.4, -0.2) is 17.5 Å². The molecular weight excluding hydrogens is 1250 g/mol. The number of aryl methyl sites for hydroxylation is 2. The van der Waals surface area contributed by atoms with E-state index in [1.165, 1.54) is 215 Å². The van der Waals surface area contributed by atoms with Gasteiger partial charge in [0.1, 0.15) is 11.0 Å². The van der Waals surface area contributed by atoms with Crippen LogP contribution < -0.4 is 0 Å². The van der Waals surface area contributed by atoms with Gasteiger partial charge in [-0.2, -0.15) is 28.0 Å². The molecule has 10 rings (SSSR count). The zero-order valence-corrected chi connectivity index (χ0v) is 57.8. The summed E-state index contributed by atoms with van der Waals surface area (Å²) in [5.41, 5.74) is 19.9. The molecular formula is C76H88Br2N8S2. The van der Waals surface area contributed by atoms with Gasteiger partial charge in [0.05, 0.1) is 70.9 Å². The van der Waals surface area contributed by atoms with E-state index in [2.05, 4.69) is 173 Å². The minimum Gasteiger partial charge on any atom is -0.237 e. The van der Waals surface area contributed by atoms with Gasteiger partial charge in [0.2, 0.25) is 11.4 Å². The van der Waals surface area contributed by atoms with Gasteiger partial charge in [0.25, 0.3) is 0 Å². The molecule has 88 heavy (non-hydrogen) atoms. The first-order chi connectivity index (χ1) is 43.0. The van der Waals surface area contributed by atoms with Gasteiger partial charge in [-0.1, -0.05) is 262 Å². The topological polar surface area (TPSA) is 108 Å². The Bertz CT molecular complexity index is 3680. The molecule has 0 N–H and O–H groups in total. The summed E-state index contributed by atoms with van der Waals surface area (Å²) in [7, 11) is 0. The molecule has 0 atom stereocenters. The summed E-state index contributed by atoms with van der Waals surface area (Å²) in [4.78, 5) is 7.04. The van der Waals surface area contributed by atoms with Crippen molar-refractivity contribution in [3.8, 4) is 45.5 Å². The van der Waals surface area contributed by atoms with Crippen LogP contribution in [0.4, 0.5) is 11.4 Å². The molecule has 0 radical (unpaired) electrons. The molecule has 0 fully saturated rings. The van der Waals surface area contributed by atoms with Crippen LogP contribution >= 0.6 is 55.3 Å². The lowest BCUT2D eigenvalue weighted by Gasteiger charge is -2.33. The van der Waals surface area contributed by atoms with Gasteiger partial charge in [0, 0.05) is 25.3 Å². The molecule has 0 bridgehead atoms. The molecule has 6 aromatic carbocycles. The number of unbranched alkanes of at least 4 members (excludes halogenated alkanes) is 20. The van der Waals surface area contributed by atoms with E-state index in [0.29, 0.717) is 33.5 Å². The fraction of sp³-hybridized carbons (Fsp3) is 0.474. The Morgan fingerprint density at radius 2 is 0.864 bits per heavy atom.